The van der Waals surface area contributed by atoms with Gasteiger partial charge in [-0.1, -0.05) is 6.07 Å². The van der Waals surface area contributed by atoms with Crippen molar-refractivity contribution >= 4 is 21.6 Å². The van der Waals surface area contributed by atoms with E-state index in [1.807, 2.05) is 32.0 Å². The number of fused-ring (bicyclic) bond motifs is 1. The predicted octanol–water partition coefficient (Wildman–Crippen LogP) is 2.83. The molecule has 1 aromatic heterocycles. The highest BCUT2D eigenvalue weighted by Crippen LogP contribution is 2.32. The highest BCUT2D eigenvalue weighted by Gasteiger charge is 2.27. The molecule has 1 aliphatic rings. The fraction of sp³-hybridized carbons (Fsp3) is 0.400. The van der Waals surface area contributed by atoms with Gasteiger partial charge < -0.3 is 4.90 Å². The summed E-state index contributed by atoms with van der Waals surface area (Å²) in [6.45, 7) is 5.27. The first-order chi connectivity index (χ1) is 12.6. The van der Waals surface area contributed by atoms with E-state index in [9.17, 15) is 13.2 Å². The zero-order valence-electron chi connectivity index (χ0n) is 16.1. The minimum atomic E-state index is -3.34. The number of aromatic nitrogens is 1. The van der Waals surface area contributed by atoms with Gasteiger partial charge in [-0.3, -0.25) is 9.78 Å². The number of pyridine rings is 1. The maximum Gasteiger partial charge on any atom is 0.227 e. The van der Waals surface area contributed by atoms with Gasteiger partial charge in [0, 0.05) is 37.1 Å². The maximum absolute atomic E-state index is 12.0. The number of sulfonamides is 1. The molecule has 0 spiro atoms. The van der Waals surface area contributed by atoms with Crippen molar-refractivity contribution in [3.8, 4) is 11.1 Å². The van der Waals surface area contributed by atoms with Crippen LogP contribution in [0.3, 0.4) is 0 Å². The van der Waals surface area contributed by atoms with E-state index in [0.29, 0.717) is 6.42 Å². The molecule has 6 nitrogen and oxygen atoms in total. The van der Waals surface area contributed by atoms with E-state index in [0.717, 1.165) is 34.4 Å². The third-order valence-electron chi connectivity index (χ3n) is 5.01. The summed E-state index contributed by atoms with van der Waals surface area (Å²) in [5, 5.41) is 0. The van der Waals surface area contributed by atoms with Gasteiger partial charge in [0.15, 0.2) is 0 Å². The van der Waals surface area contributed by atoms with Crippen LogP contribution in [0.5, 0.6) is 0 Å². The van der Waals surface area contributed by atoms with Gasteiger partial charge in [-0.15, -0.1) is 0 Å². The highest BCUT2D eigenvalue weighted by atomic mass is 32.2. The van der Waals surface area contributed by atoms with Crippen molar-refractivity contribution in [2.75, 3.05) is 17.7 Å². The third-order valence-corrected chi connectivity index (χ3v) is 6.59. The van der Waals surface area contributed by atoms with Gasteiger partial charge in [0.25, 0.3) is 0 Å². The number of carbonyl (C=O) groups excluding carboxylic acids is 1. The molecule has 2 heterocycles. The van der Waals surface area contributed by atoms with Gasteiger partial charge in [0.05, 0.1) is 11.3 Å². The molecular formula is C20H25N3O3S. The molecule has 1 N–H and O–H groups in total. The van der Waals surface area contributed by atoms with Crippen molar-refractivity contribution in [1.29, 1.82) is 0 Å². The Balaban J connectivity index is 1.96. The number of hydrogen-bond acceptors (Lipinski definition) is 4. The molecule has 0 bridgehead atoms. The van der Waals surface area contributed by atoms with E-state index < -0.39 is 15.6 Å². The van der Waals surface area contributed by atoms with Crippen LogP contribution in [0.4, 0.5) is 5.69 Å². The molecule has 0 saturated heterocycles. The number of nitrogens with one attached hydrogen (secondary N) is 1. The summed E-state index contributed by atoms with van der Waals surface area (Å²) in [7, 11) is -1.55. The number of aryl methyl sites for hydroxylation is 1. The minimum absolute atomic E-state index is 0.0284. The molecule has 0 radical (unpaired) electrons. The molecule has 0 unspecified atom stereocenters. The normalized spacial score (nSPS) is 15.0. The van der Waals surface area contributed by atoms with Crippen LogP contribution in [0.15, 0.2) is 36.7 Å². The second-order valence-corrected chi connectivity index (χ2v) is 9.40. The Morgan fingerprint density at radius 1 is 1.15 bits per heavy atom. The van der Waals surface area contributed by atoms with Crippen molar-refractivity contribution in [3.63, 3.8) is 0 Å². The topological polar surface area (TPSA) is 79.4 Å². The lowest BCUT2D eigenvalue weighted by Gasteiger charge is -2.27. The third kappa shape index (κ3) is 4.04. The Morgan fingerprint density at radius 2 is 1.89 bits per heavy atom. The first-order valence-electron chi connectivity index (χ1n) is 9.00. The summed E-state index contributed by atoms with van der Waals surface area (Å²) in [5.41, 5.74) is 4.01. The Hall–Kier alpha value is -2.25. The lowest BCUT2D eigenvalue weighted by atomic mass is 9.93. The molecule has 1 amide bonds. The van der Waals surface area contributed by atoms with Gasteiger partial charge in [0.2, 0.25) is 15.9 Å². The van der Waals surface area contributed by atoms with Crippen LogP contribution in [0.2, 0.25) is 0 Å². The predicted molar refractivity (Wildman–Crippen MR) is 107 cm³/mol. The minimum Gasteiger partial charge on any atom is -0.315 e. The number of nitrogens with zero attached hydrogens (tertiary/aromatic N) is 2. The zero-order valence-corrected chi connectivity index (χ0v) is 16.9. The van der Waals surface area contributed by atoms with Crippen LogP contribution in [-0.2, 0) is 26.8 Å². The number of anilines is 1. The largest absolute Gasteiger partial charge is 0.315 e. The van der Waals surface area contributed by atoms with Gasteiger partial charge >= 0.3 is 0 Å². The Labute approximate surface area is 160 Å². The summed E-state index contributed by atoms with van der Waals surface area (Å²) in [6, 6.07) is 7.98. The molecule has 1 aliphatic heterocycles. The maximum atomic E-state index is 12.0. The molecule has 27 heavy (non-hydrogen) atoms. The summed E-state index contributed by atoms with van der Waals surface area (Å²) >= 11 is 0. The van der Waals surface area contributed by atoms with Gasteiger partial charge in [-0.25, -0.2) is 13.1 Å². The number of rotatable bonds is 5. The molecular weight excluding hydrogens is 362 g/mol. The van der Waals surface area contributed by atoms with Crippen LogP contribution >= 0.6 is 0 Å². The summed E-state index contributed by atoms with van der Waals surface area (Å²) in [6.07, 6.45) is 4.69. The van der Waals surface area contributed by atoms with Gasteiger partial charge in [-0.05, 0) is 62.1 Å². The van der Waals surface area contributed by atoms with E-state index in [1.165, 1.54) is 0 Å². The summed E-state index contributed by atoms with van der Waals surface area (Å²) in [5.74, 6) is 0.157. The Bertz CT molecular complexity index is 984. The van der Waals surface area contributed by atoms with Gasteiger partial charge in [0.1, 0.15) is 0 Å². The van der Waals surface area contributed by atoms with Crippen LogP contribution in [0, 0.1) is 0 Å². The van der Waals surface area contributed by atoms with Crippen molar-refractivity contribution in [3.05, 3.63) is 47.8 Å². The van der Waals surface area contributed by atoms with E-state index >= 15 is 0 Å². The molecule has 0 fully saturated rings. The van der Waals surface area contributed by atoms with E-state index in [2.05, 4.69) is 15.8 Å². The fourth-order valence-corrected chi connectivity index (χ4v) is 4.34. The smallest absolute Gasteiger partial charge is 0.227 e. The highest BCUT2D eigenvalue weighted by molar-refractivity contribution is 7.89. The van der Waals surface area contributed by atoms with Gasteiger partial charge in [-0.2, -0.15) is 0 Å². The Morgan fingerprint density at radius 3 is 2.59 bits per heavy atom. The lowest BCUT2D eigenvalue weighted by molar-refractivity contribution is -0.118. The molecule has 0 atom stereocenters. The standard InChI is InChI=1S/C20H25N3O3S/c1-5-27(25,26)22-20(2,3)17-11-16(12-21-13-17)14-6-8-18-15(10-14)7-9-19(24)23(18)4/h6,8,10-13,22H,5,7,9H2,1-4H3. The molecule has 1 aromatic carbocycles. The average molecular weight is 388 g/mol. The quantitative estimate of drug-likeness (QED) is 0.856. The molecule has 144 valence electrons. The number of carbonyl (C=O) groups is 1. The summed E-state index contributed by atoms with van der Waals surface area (Å²) in [4.78, 5) is 17.9. The lowest BCUT2D eigenvalue weighted by Crippen LogP contribution is -2.41. The number of hydrogen-bond donors (Lipinski definition) is 1. The number of amides is 1. The second kappa shape index (κ2) is 7.05. The first kappa shape index (κ1) is 19.5. The zero-order chi connectivity index (χ0) is 19.8. The van der Waals surface area contributed by atoms with Crippen LogP contribution in [0.1, 0.15) is 38.3 Å². The van der Waals surface area contributed by atoms with Crippen LogP contribution in [0.25, 0.3) is 11.1 Å². The Kier molecular flexibility index (Phi) is 5.10. The fourth-order valence-electron chi connectivity index (χ4n) is 3.30. The monoisotopic (exact) mass is 387 g/mol. The molecule has 0 aliphatic carbocycles. The van der Waals surface area contributed by atoms with E-state index in [-0.39, 0.29) is 11.7 Å². The van der Waals surface area contributed by atoms with Crippen molar-refractivity contribution < 1.29 is 13.2 Å². The number of benzene rings is 1. The molecule has 3 rings (SSSR count). The second-order valence-electron chi connectivity index (χ2n) is 7.39. The van der Waals surface area contributed by atoms with Crippen LogP contribution in [-0.4, -0.2) is 32.1 Å². The SMILES string of the molecule is CCS(=O)(=O)NC(C)(C)c1cncc(-c2ccc3c(c2)CCC(=O)N3C)c1. The van der Waals surface area contributed by atoms with Crippen molar-refractivity contribution in [2.24, 2.45) is 0 Å². The van der Waals surface area contributed by atoms with Crippen molar-refractivity contribution in [2.45, 2.75) is 39.2 Å². The van der Waals surface area contributed by atoms with Crippen LogP contribution < -0.4 is 9.62 Å². The average Bonchev–Trinajstić information content (AvgIpc) is 2.64. The molecule has 7 heteroatoms. The molecule has 2 aromatic rings. The van der Waals surface area contributed by atoms with Crippen molar-refractivity contribution in [1.82, 2.24) is 9.71 Å². The first-order valence-corrected chi connectivity index (χ1v) is 10.7. The summed E-state index contributed by atoms with van der Waals surface area (Å²) < 4.78 is 26.7. The molecule has 0 saturated carbocycles. The van der Waals surface area contributed by atoms with E-state index in [4.69, 9.17) is 0 Å². The van der Waals surface area contributed by atoms with E-state index in [1.54, 1.807) is 31.3 Å².